The van der Waals surface area contributed by atoms with Gasteiger partial charge in [-0.2, -0.15) is 0 Å². The van der Waals surface area contributed by atoms with Gasteiger partial charge in [-0.05, 0) is 20.8 Å². The zero-order valence-corrected chi connectivity index (χ0v) is 9.27. The quantitative estimate of drug-likeness (QED) is 0.705. The fourth-order valence-corrected chi connectivity index (χ4v) is 1.14. The van der Waals surface area contributed by atoms with Crippen LogP contribution in [0.25, 0.3) is 0 Å². The summed E-state index contributed by atoms with van der Waals surface area (Å²) in [6, 6.07) is -1.13. The lowest BCUT2D eigenvalue weighted by atomic mass is 10.2. The first kappa shape index (κ1) is 13.5. The number of rotatable bonds is 5. The third-order valence-corrected chi connectivity index (χ3v) is 1.87. The summed E-state index contributed by atoms with van der Waals surface area (Å²) >= 11 is 0. The molecular weight excluding hydrogens is 198 g/mol. The fraction of sp³-hybridized carbons (Fsp3) is 0.600. The molecule has 1 unspecified atom stereocenters. The SMILES string of the molecule is C=CCOC(=O)N(C(C)C)C(C)C(=O)O. The molecule has 0 bridgehead atoms. The molecule has 0 spiro atoms. The third-order valence-electron chi connectivity index (χ3n) is 1.87. The summed E-state index contributed by atoms with van der Waals surface area (Å²) in [5.74, 6) is -1.06. The first-order valence-electron chi connectivity index (χ1n) is 4.70. The van der Waals surface area contributed by atoms with Gasteiger partial charge in [-0.15, -0.1) is 0 Å². The minimum absolute atomic E-state index is 0.0778. The average Bonchev–Trinajstić information content (AvgIpc) is 2.14. The molecule has 5 heteroatoms. The van der Waals surface area contributed by atoms with Crippen molar-refractivity contribution in [1.82, 2.24) is 4.90 Å². The summed E-state index contributed by atoms with van der Waals surface area (Å²) in [5, 5.41) is 8.81. The minimum atomic E-state index is -1.06. The molecule has 1 N–H and O–H groups in total. The lowest BCUT2D eigenvalue weighted by Gasteiger charge is -2.29. The zero-order valence-electron chi connectivity index (χ0n) is 9.27. The summed E-state index contributed by atoms with van der Waals surface area (Å²) in [4.78, 5) is 23.4. The lowest BCUT2D eigenvalue weighted by Crippen LogP contribution is -2.47. The smallest absolute Gasteiger partial charge is 0.411 e. The van der Waals surface area contributed by atoms with Crippen molar-refractivity contribution < 1.29 is 19.4 Å². The standard InChI is InChI=1S/C10H17NO4/c1-5-6-15-10(14)11(7(2)3)8(4)9(12)13/h5,7-8H,1,6H2,2-4H3,(H,12,13). The summed E-state index contributed by atoms with van der Waals surface area (Å²) in [5.41, 5.74) is 0. The molecule has 15 heavy (non-hydrogen) atoms. The predicted octanol–water partition coefficient (Wildman–Crippen LogP) is 1.49. The topological polar surface area (TPSA) is 66.8 Å². The number of carboxylic acids is 1. The number of hydrogen-bond donors (Lipinski definition) is 1. The van der Waals surface area contributed by atoms with Crippen LogP contribution < -0.4 is 0 Å². The van der Waals surface area contributed by atoms with Crippen molar-refractivity contribution in [2.45, 2.75) is 32.9 Å². The molecule has 0 heterocycles. The van der Waals surface area contributed by atoms with E-state index in [0.717, 1.165) is 0 Å². The molecule has 0 aromatic heterocycles. The van der Waals surface area contributed by atoms with Crippen molar-refractivity contribution in [2.75, 3.05) is 6.61 Å². The van der Waals surface area contributed by atoms with Gasteiger partial charge < -0.3 is 9.84 Å². The van der Waals surface area contributed by atoms with E-state index in [4.69, 9.17) is 9.84 Å². The molecule has 0 aliphatic heterocycles. The summed E-state index contributed by atoms with van der Waals surface area (Å²) in [6.45, 7) is 8.39. The number of carbonyl (C=O) groups is 2. The largest absolute Gasteiger partial charge is 0.480 e. The molecule has 0 saturated heterocycles. The number of nitrogens with zero attached hydrogens (tertiary/aromatic N) is 1. The van der Waals surface area contributed by atoms with Gasteiger partial charge in [0.15, 0.2) is 0 Å². The van der Waals surface area contributed by atoms with Crippen LogP contribution in [-0.4, -0.2) is 40.8 Å². The summed E-state index contributed by atoms with van der Waals surface area (Å²) in [7, 11) is 0. The molecule has 0 fully saturated rings. The van der Waals surface area contributed by atoms with E-state index >= 15 is 0 Å². The Labute approximate surface area is 89.3 Å². The molecule has 0 saturated carbocycles. The highest BCUT2D eigenvalue weighted by Crippen LogP contribution is 2.08. The Kier molecular flexibility index (Phi) is 5.44. The van der Waals surface area contributed by atoms with Gasteiger partial charge in [0.05, 0.1) is 0 Å². The molecule has 0 aromatic carbocycles. The van der Waals surface area contributed by atoms with Crippen LogP contribution in [0.4, 0.5) is 4.79 Å². The molecule has 0 aliphatic carbocycles. The van der Waals surface area contributed by atoms with Gasteiger partial charge in [0.2, 0.25) is 0 Å². The maximum Gasteiger partial charge on any atom is 0.411 e. The Morgan fingerprint density at radius 3 is 2.33 bits per heavy atom. The molecule has 1 atom stereocenters. The minimum Gasteiger partial charge on any atom is -0.480 e. The van der Waals surface area contributed by atoms with E-state index in [9.17, 15) is 9.59 Å². The van der Waals surface area contributed by atoms with E-state index < -0.39 is 18.1 Å². The number of carbonyl (C=O) groups excluding carboxylic acids is 1. The average molecular weight is 215 g/mol. The van der Waals surface area contributed by atoms with Crippen molar-refractivity contribution in [1.29, 1.82) is 0 Å². The van der Waals surface area contributed by atoms with Crippen molar-refractivity contribution in [3.05, 3.63) is 12.7 Å². The van der Waals surface area contributed by atoms with Crippen molar-refractivity contribution in [2.24, 2.45) is 0 Å². The van der Waals surface area contributed by atoms with Crippen molar-refractivity contribution in [3.63, 3.8) is 0 Å². The van der Waals surface area contributed by atoms with Crippen molar-refractivity contribution in [3.8, 4) is 0 Å². The number of aliphatic carboxylic acids is 1. The summed E-state index contributed by atoms with van der Waals surface area (Å²) in [6.07, 6.45) is 0.793. The number of hydrogen-bond acceptors (Lipinski definition) is 3. The second kappa shape index (κ2) is 6.06. The Morgan fingerprint density at radius 1 is 1.47 bits per heavy atom. The van der Waals surface area contributed by atoms with Gasteiger partial charge >= 0.3 is 12.1 Å². The van der Waals surface area contributed by atoms with Crippen LogP contribution in [0, 0.1) is 0 Å². The fourth-order valence-electron chi connectivity index (χ4n) is 1.14. The highest BCUT2D eigenvalue weighted by atomic mass is 16.6. The Morgan fingerprint density at radius 2 is 2.00 bits per heavy atom. The molecule has 0 rings (SSSR count). The van der Waals surface area contributed by atoms with E-state index in [2.05, 4.69) is 6.58 Å². The van der Waals surface area contributed by atoms with Gasteiger partial charge in [0, 0.05) is 6.04 Å². The number of amides is 1. The van der Waals surface area contributed by atoms with E-state index in [0.29, 0.717) is 0 Å². The van der Waals surface area contributed by atoms with Crippen LogP contribution in [0.15, 0.2) is 12.7 Å². The number of carboxylic acid groups (broad SMARTS) is 1. The number of ether oxygens (including phenoxy) is 1. The van der Waals surface area contributed by atoms with E-state index in [1.54, 1.807) is 13.8 Å². The highest BCUT2D eigenvalue weighted by Gasteiger charge is 2.28. The lowest BCUT2D eigenvalue weighted by molar-refractivity contribution is -0.142. The first-order valence-corrected chi connectivity index (χ1v) is 4.70. The van der Waals surface area contributed by atoms with Gasteiger partial charge in [-0.3, -0.25) is 4.90 Å². The van der Waals surface area contributed by atoms with E-state index in [1.165, 1.54) is 17.9 Å². The first-order chi connectivity index (χ1) is 6.91. The van der Waals surface area contributed by atoms with Crippen LogP contribution in [0.5, 0.6) is 0 Å². The van der Waals surface area contributed by atoms with Crippen LogP contribution in [0.3, 0.4) is 0 Å². The molecule has 0 radical (unpaired) electrons. The van der Waals surface area contributed by atoms with Gasteiger partial charge in [0.1, 0.15) is 12.6 Å². The zero-order chi connectivity index (χ0) is 12.0. The second-order valence-corrected chi connectivity index (χ2v) is 3.38. The Balaban J connectivity index is 4.58. The van der Waals surface area contributed by atoms with Crippen molar-refractivity contribution >= 4 is 12.1 Å². The third kappa shape index (κ3) is 4.01. The second-order valence-electron chi connectivity index (χ2n) is 3.38. The van der Waals surface area contributed by atoms with E-state index in [1.807, 2.05) is 0 Å². The van der Waals surface area contributed by atoms with Crippen LogP contribution >= 0.6 is 0 Å². The normalized spacial score (nSPS) is 12.0. The molecule has 86 valence electrons. The maximum absolute atomic E-state index is 11.5. The summed E-state index contributed by atoms with van der Waals surface area (Å²) < 4.78 is 4.79. The molecule has 1 amide bonds. The van der Waals surface area contributed by atoms with Gasteiger partial charge in [-0.25, -0.2) is 9.59 Å². The predicted molar refractivity (Wildman–Crippen MR) is 55.6 cm³/mol. The van der Waals surface area contributed by atoms with E-state index in [-0.39, 0.29) is 12.6 Å². The van der Waals surface area contributed by atoms with Gasteiger partial charge in [0.25, 0.3) is 0 Å². The molecule has 5 nitrogen and oxygen atoms in total. The van der Waals surface area contributed by atoms with Crippen LogP contribution in [0.2, 0.25) is 0 Å². The van der Waals surface area contributed by atoms with Crippen LogP contribution in [-0.2, 0) is 9.53 Å². The molecular formula is C10H17NO4. The Bertz CT molecular complexity index is 250. The highest BCUT2D eigenvalue weighted by molar-refractivity contribution is 5.79. The monoisotopic (exact) mass is 215 g/mol. The maximum atomic E-state index is 11.5. The molecule has 0 aromatic rings. The Hall–Kier alpha value is -1.52. The van der Waals surface area contributed by atoms with Gasteiger partial charge in [-0.1, -0.05) is 12.7 Å². The molecule has 0 aliphatic rings. The van der Waals surface area contributed by atoms with Crippen LogP contribution in [0.1, 0.15) is 20.8 Å².